The third-order valence-corrected chi connectivity index (χ3v) is 9.51. The number of carbonyl (C=O) groups excluding carboxylic acids is 2. The molecular formula is C41H80NO7+. The van der Waals surface area contributed by atoms with Crippen molar-refractivity contribution in [2.24, 2.45) is 0 Å². The third kappa shape index (κ3) is 32.0. The number of likely N-dealkylation sites (N-methyl/N-ethyl adjacent to an activating group) is 1. The normalized spacial score (nSPS) is 12.9. The van der Waals surface area contributed by atoms with Gasteiger partial charge in [0.1, 0.15) is 6.61 Å². The second-order valence-corrected chi connectivity index (χ2v) is 15.3. The lowest BCUT2D eigenvalue weighted by Crippen LogP contribution is -2.50. The van der Waals surface area contributed by atoms with Crippen molar-refractivity contribution in [2.45, 2.75) is 206 Å². The number of unbranched alkanes of at least 4 members (excludes halogenated alkanes) is 23. The molecule has 0 aliphatic carbocycles. The van der Waals surface area contributed by atoms with Crippen LogP contribution in [0.1, 0.15) is 194 Å². The van der Waals surface area contributed by atoms with E-state index in [1.165, 1.54) is 122 Å². The number of aliphatic carboxylic acids is 1. The van der Waals surface area contributed by atoms with Crippen LogP contribution >= 0.6 is 0 Å². The van der Waals surface area contributed by atoms with Gasteiger partial charge < -0.3 is 23.8 Å². The molecule has 0 saturated carbocycles. The Morgan fingerprint density at radius 2 is 0.898 bits per heavy atom. The Bertz CT molecular complexity index is 782. The first-order valence-corrected chi connectivity index (χ1v) is 20.6. The Morgan fingerprint density at radius 1 is 0.531 bits per heavy atom. The van der Waals surface area contributed by atoms with Crippen molar-refractivity contribution in [1.29, 1.82) is 0 Å². The highest BCUT2D eigenvalue weighted by Gasteiger charge is 2.31. The van der Waals surface area contributed by atoms with Gasteiger partial charge in [0, 0.05) is 19.3 Å². The highest BCUT2D eigenvalue weighted by Crippen LogP contribution is 2.15. The number of nitrogens with zero attached hydrogens (tertiary/aromatic N) is 1. The standard InChI is InChI=1S/C41H79NO7/c1-6-8-10-12-14-16-17-18-19-20-21-22-23-24-26-27-29-31-39(43)48-36-37(35-47-34-33-38(41(45)46)42(3,4)5)49-40(44)32-30-28-25-15-13-11-9-7-2/h37-38H,6-36H2,1-5H3/p+1. The third-order valence-electron chi connectivity index (χ3n) is 9.51. The van der Waals surface area contributed by atoms with Crippen molar-refractivity contribution < 1.29 is 38.2 Å². The second kappa shape index (κ2) is 33.5. The van der Waals surface area contributed by atoms with Crippen molar-refractivity contribution in [3.05, 3.63) is 0 Å². The number of carboxylic acid groups (broad SMARTS) is 1. The Balaban J connectivity index is 4.23. The number of quaternary nitrogens is 1. The average Bonchev–Trinajstić information content (AvgIpc) is 3.05. The number of carbonyl (C=O) groups is 3. The van der Waals surface area contributed by atoms with Crippen LogP contribution in [0.15, 0.2) is 0 Å². The van der Waals surface area contributed by atoms with Crippen LogP contribution in [0.4, 0.5) is 0 Å². The fraction of sp³-hybridized carbons (Fsp3) is 0.927. The van der Waals surface area contributed by atoms with E-state index in [1.807, 2.05) is 21.1 Å². The minimum absolute atomic E-state index is 0.0430. The van der Waals surface area contributed by atoms with Crippen LogP contribution in [-0.4, -0.2) is 80.6 Å². The molecule has 0 bridgehead atoms. The summed E-state index contributed by atoms with van der Waals surface area (Å²) in [5.41, 5.74) is 0. The largest absolute Gasteiger partial charge is 0.477 e. The molecule has 2 atom stereocenters. The molecule has 0 aromatic heterocycles. The molecule has 0 aliphatic rings. The molecule has 0 spiro atoms. The van der Waals surface area contributed by atoms with Crippen LogP contribution < -0.4 is 0 Å². The van der Waals surface area contributed by atoms with Gasteiger partial charge in [0.2, 0.25) is 0 Å². The molecule has 0 amide bonds. The lowest BCUT2D eigenvalue weighted by molar-refractivity contribution is -0.887. The van der Waals surface area contributed by atoms with Crippen molar-refractivity contribution >= 4 is 17.9 Å². The van der Waals surface area contributed by atoms with Gasteiger partial charge in [-0.1, -0.05) is 162 Å². The molecule has 0 saturated heterocycles. The molecule has 1 N–H and O–H groups in total. The first kappa shape index (κ1) is 47.3. The monoisotopic (exact) mass is 699 g/mol. The first-order chi connectivity index (χ1) is 23.6. The van der Waals surface area contributed by atoms with E-state index < -0.39 is 18.1 Å². The average molecular weight is 699 g/mol. The summed E-state index contributed by atoms with van der Waals surface area (Å²) in [5.74, 6) is -1.46. The van der Waals surface area contributed by atoms with E-state index in [2.05, 4.69) is 13.8 Å². The minimum Gasteiger partial charge on any atom is -0.477 e. The molecule has 0 rings (SSSR count). The molecule has 0 aliphatic heterocycles. The number of hydrogen-bond acceptors (Lipinski definition) is 6. The summed E-state index contributed by atoms with van der Waals surface area (Å²) in [6.45, 7) is 4.73. The first-order valence-electron chi connectivity index (χ1n) is 20.6. The van der Waals surface area contributed by atoms with E-state index in [9.17, 15) is 19.5 Å². The fourth-order valence-corrected chi connectivity index (χ4v) is 6.27. The summed E-state index contributed by atoms with van der Waals surface area (Å²) in [5, 5.41) is 9.57. The van der Waals surface area contributed by atoms with Gasteiger partial charge in [-0.25, -0.2) is 4.79 Å². The molecule has 0 heterocycles. The molecule has 0 aromatic carbocycles. The molecule has 49 heavy (non-hydrogen) atoms. The molecule has 8 heteroatoms. The zero-order valence-electron chi connectivity index (χ0n) is 32.9. The van der Waals surface area contributed by atoms with Crippen molar-refractivity contribution in [3.63, 3.8) is 0 Å². The number of hydrogen-bond donors (Lipinski definition) is 1. The maximum absolute atomic E-state index is 12.6. The number of carboxylic acids is 1. The van der Waals surface area contributed by atoms with E-state index in [0.717, 1.165) is 38.5 Å². The Kier molecular flexibility index (Phi) is 32.3. The maximum Gasteiger partial charge on any atom is 0.362 e. The van der Waals surface area contributed by atoms with E-state index in [4.69, 9.17) is 14.2 Å². The van der Waals surface area contributed by atoms with E-state index in [-0.39, 0.29) is 36.2 Å². The summed E-state index contributed by atoms with van der Waals surface area (Å²) in [4.78, 5) is 36.7. The lowest BCUT2D eigenvalue weighted by atomic mass is 10.0. The Morgan fingerprint density at radius 3 is 1.27 bits per heavy atom. The summed E-state index contributed by atoms with van der Waals surface area (Å²) >= 11 is 0. The molecular weight excluding hydrogens is 618 g/mol. The van der Waals surface area contributed by atoms with Crippen LogP contribution in [0.25, 0.3) is 0 Å². The van der Waals surface area contributed by atoms with E-state index in [0.29, 0.717) is 19.3 Å². The predicted octanol–water partition coefficient (Wildman–Crippen LogP) is 10.6. The summed E-state index contributed by atoms with van der Waals surface area (Å²) in [7, 11) is 5.52. The summed E-state index contributed by atoms with van der Waals surface area (Å²) < 4.78 is 17.2. The smallest absolute Gasteiger partial charge is 0.362 e. The zero-order chi connectivity index (χ0) is 36.4. The van der Waals surface area contributed by atoms with E-state index >= 15 is 0 Å². The van der Waals surface area contributed by atoms with Gasteiger partial charge in [-0.3, -0.25) is 9.59 Å². The number of ether oxygens (including phenoxy) is 3. The predicted molar refractivity (Wildman–Crippen MR) is 202 cm³/mol. The van der Waals surface area contributed by atoms with Crippen molar-refractivity contribution in [3.8, 4) is 0 Å². The summed E-state index contributed by atoms with van der Waals surface area (Å²) in [6, 6.07) is -0.606. The van der Waals surface area contributed by atoms with Gasteiger partial charge in [-0.05, 0) is 12.8 Å². The molecule has 0 radical (unpaired) electrons. The van der Waals surface area contributed by atoms with Gasteiger partial charge >= 0.3 is 17.9 Å². The minimum atomic E-state index is -0.872. The molecule has 0 aromatic rings. The quantitative estimate of drug-likeness (QED) is 0.0392. The van der Waals surface area contributed by atoms with Gasteiger partial charge in [0.05, 0.1) is 34.4 Å². The molecule has 290 valence electrons. The van der Waals surface area contributed by atoms with Crippen LogP contribution in [0.3, 0.4) is 0 Å². The van der Waals surface area contributed by atoms with Gasteiger partial charge in [0.15, 0.2) is 12.1 Å². The lowest BCUT2D eigenvalue weighted by Gasteiger charge is -2.31. The fourth-order valence-electron chi connectivity index (χ4n) is 6.27. The zero-order valence-corrected chi connectivity index (χ0v) is 32.9. The molecule has 0 fully saturated rings. The van der Waals surface area contributed by atoms with Gasteiger partial charge in [-0.15, -0.1) is 0 Å². The van der Waals surface area contributed by atoms with Gasteiger partial charge in [-0.2, -0.15) is 0 Å². The Hall–Kier alpha value is -1.67. The van der Waals surface area contributed by atoms with Gasteiger partial charge in [0.25, 0.3) is 0 Å². The van der Waals surface area contributed by atoms with Crippen molar-refractivity contribution in [1.82, 2.24) is 0 Å². The van der Waals surface area contributed by atoms with E-state index in [1.54, 1.807) is 0 Å². The number of rotatable bonds is 37. The molecule has 8 nitrogen and oxygen atoms in total. The van der Waals surface area contributed by atoms with Crippen LogP contribution in [0, 0.1) is 0 Å². The Labute approximate surface area is 302 Å². The maximum atomic E-state index is 12.6. The highest BCUT2D eigenvalue weighted by molar-refractivity contribution is 5.72. The van der Waals surface area contributed by atoms with Crippen LogP contribution in [0.5, 0.6) is 0 Å². The van der Waals surface area contributed by atoms with Crippen LogP contribution in [-0.2, 0) is 28.6 Å². The SMILES string of the molecule is CCCCCCCCCCCCCCCCCCCC(=O)OCC(COCCC(C(=O)O)[N+](C)(C)C)OC(=O)CCCCCCCCCC. The van der Waals surface area contributed by atoms with Crippen LogP contribution in [0.2, 0.25) is 0 Å². The second-order valence-electron chi connectivity index (χ2n) is 15.3. The number of esters is 2. The highest BCUT2D eigenvalue weighted by atomic mass is 16.6. The topological polar surface area (TPSA) is 99.1 Å². The summed E-state index contributed by atoms with van der Waals surface area (Å²) in [6.07, 6.45) is 31.5. The molecule has 2 unspecified atom stereocenters. The van der Waals surface area contributed by atoms with Crippen molar-refractivity contribution in [2.75, 3.05) is 41.0 Å².